The number of aryl methyl sites for hydroxylation is 1. The minimum atomic E-state index is -0.807. The number of aliphatic hydroxyl groups is 1. The molecule has 1 fully saturated rings. The first-order chi connectivity index (χ1) is 9.41. The molecule has 1 aliphatic rings. The summed E-state index contributed by atoms with van der Waals surface area (Å²) in [5, 5.41) is 24.3. The van der Waals surface area contributed by atoms with Crippen LogP contribution in [-0.4, -0.2) is 35.4 Å². The van der Waals surface area contributed by atoms with Gasteiger partial charge in [-0.05, 0) is 18.6 Å². The third-order valence-corrected chi connectivity index (χ3v) is 3.82. The molecule has 20 heavy (non-hydrogen) atoms. The van der Waals surface area contributed by atoms with E-state index >= 15 is 0 Å². The molecule has 0 spiro atoms. The Bertz CT molecular complexity index is 515. The fraction of sp³-hybridized carbons (Fsp3) is 0.538. The van der Waals surface area contributed by atoms with Crippen molar-refractivity contribution in [2.45, 2.75) is 25.4 Å². The number of halogens is 1. The predicted octanol–water partition coefficient (Wildman–Crippen LogP) is 2.51. The van der Waals surface area contributed by atoms with Gasteiger partial charge in [-0.2, -0.15) is 0 Å². The number of benzene rings is 1. The predicted molar refractivity (Wildman–Crippen MR) is 76.3 cm³/mol. The molecular formula is C13H17ClN2O4. The first-order valence-electron chi connectivity index (χ1n) is 6.40. The Hall–Kier alpha value is -1.37. The van der Waals surface area contributed by atoms with Crippen LogP contribution in [0.2, 0.25) is 5.02 Å². The lowest BCUT2D eigenvalue weighted by atomic mass is 9.94. The lowest BCUT2D eigenvalue weighted by Gasteiger charge is -2.32. The maximum absolute atomic E-state index is 10.8. The molecule has 1 aromatic rings. The fourth-order valence-corrected chi connectivity index (χ4v) is 2.42. The molecule has 0 aromatic heterocycles. The van der Waals surface area contributed by atoms with E-state index in [0.717, 1.165) is 5.56 Å². The van der Waals surface area contributed by atoms with Gasteiger partial charge in [-0.15, -0.1) is 0 Å². The van der Waals surface area contributed by atoms with Crippen molar-refractivity contribution in [3.05, 3.63) is 32.8 Å². The minimum absolute atomic E-state index is 0.0852. The number of nitrogens with zero attached hydrogens (tertiary/aromatic N) is 1. The summed E-state index contributed by atoms with van der Waals surface area (Å²) < 4.78 is 5.22. The number of nitro benzene ring substituents is 1. The second-order valence-corrected chi connectivity index (χ2v) is 5.47. The van der Waals surface area contributed by atoms with E-state index in [4.69, 9.17) is 16.3 Å². The van der Waals surface area contributed by atoms with Gasteiger partial charge in [0.1, 0.15) is 5.02 Å². The van der Waals surface area contributed by atoms with Crippen LogP contribution in [-0.2, 0) is 4.74 Å². The molecule has 7 heteroatoms. The highest BCUT2D eigenvalue weighted by Crippen LogP contribution is 2.31. The molecule has 1 saturated heterocycles. The van der Waals surface area contributed by atoms with Crippen LogP contribution in [0.5, 0.6) is 0 Å². The Balaban J connectivity index is 2.10. The number of rotatable bonds is 4. The molecule has 0 saturated carbocycles. The number of hydrogen-bond acceptors (Lipinski definition) is 5. The van der Waals surface area contributed by atoms with E-state index in [1.165, 1.54) is 12.1 Å². The van der Waals surface area contributed by atoms with Crippen molar-refractivity contribution in [1.29, 1.82) is 0 Å². The van der Waals surface area contributed by atoms with E-state index in [1.54, 1.807) is 6.92 Å². The highest BCUT2D eigenvalue weighted by molar-refractivity contribution is 6.33. The van der Waals surface area contributed by atoms with E-state index in [0.29, 0.717) is 38.3 Å². The Morgan fingerprint density at radius 2 is 2.15 bits per heavy atom. The third kappa shape index (κ3) is 3.39. The molecule has 1 heterocycles. The van der Waals surface area contributed by atoms with Gasteiger partial charge in [-0.25, -0.2) is 0 Å². The first kappa shape index (κ1) is 15.0. The molecule has 1 aliphatic heterocycles. The molecule has 1 aromatic carbocycles. The van der Waals surface area contributed by atoms with Gasteiger partial charge in [-0.3, -0.25) is 10.1 Å². The van der Waals surface area contributed by atoms with Crippen molar-refractivity contribution in [3.8, 4) is 0 Å². The first-order valence-corrected chi connectivity index (χ1v) is 6.78. The third-order valence-electron chi connectivity index (χ3n) is 3.52. The second kappa shape index (κ2) is 5.95. The summed E-state index contributed by atoms with van der Waals surface area (Å²) in [6.45, 7) is 3.21. The van der Waals surface area contributed by atoms with Crippen LogP contribution in [0.4, 0.5) is 11.4 Å². The van der Waals surface area contributed by atoms with Crippen molar-refractivity contribution >= 4 is 23.0 Å². The average molecular weight is 301 g/mol. The van der Waals surface area contributed by atoms with Gasteiger partial charge >= 0.3 is 0 Å². The Morgan fingerprint density at radius 1 is 1.50 bits per heavy atom. The highest BCUT2D eigenvalue weighted by Gasteiger charge is 2.29. The summed E-state index contributed by atoms with van der Waals surface area (Å²) in [6, 6.07) is 2.95. The monoisotopic (exact) mass is 300 g/mol. The van der Waals surface area contributed by atoms with E-state index in [9.17, 15) is 15.2 Å². The lowest BCUT2D eigenvalue weighted by Crippen LogP contribution is -2.42. The van der Waals surface area contributed by atoms with E-state index in [2.05, 4.69) is 5.32 Å². The van der Waals surface area contributed by atoms with Crippen molar-refractivity contribution in [3.63, 3.8) is 0 Å². The number of nitrogens with one attached hydrogen (secondary N) is 1. The summed E-state index contributed by atoms with van der Waals surface area (Å²) in [7, 11) is 0. The quantitative estimate of drug-likeness (QED) is 0.659. The SMILES string of the molecule is Cc1cc([N+](=O)[O-])c(Cl)cc1NCC1(O)CCOCC1. The summed E-state index contributed by atoms with van der Waals surface area (Å²) in [6.07, 6.45) is 1.14. The minimum Gasteiger partial charge on any atom is -0.388 e. The number of nitro groups is 1. The van der Waals surface area contributed by atoms with Gasteiger partial charge in [0.05, 0.1) is 10.5 Å². The van der Waals surface area contributed by atoms with Crippen LogP contribution in [0.1, 0.15) is 18.4 Å². The molecule has 6 nitrogen and oxygen atoms in total. The van der Waals surface area contributed by atoms with Crippen LogP contribution < -0.4 is 5.32 Å². The zero-order valence-electron chi connectivity index (χ0n) is 11.2. The molecule has 0 radical (unpaired) electrons. The van der Waals surface area contributed by atoms with Gasteiger partial charge in [0, 0.05) is 44.4 Å². The molecule has 0 unspecified atom stereocenters. The molecule has 2 N–H and O–H groups in total. The summed E-state index contributed by atoms with van der Waals surface area (Å²) in [5.74, 6) is 0. The summed E-state index contributed by atoms with van der Waals surface area (Å²) >= 11 is 5.89. The number of hydrogen-bond donors (Lipinski definition) is 2. The van der Waals surface area contributed by atoms with E-state index in [-0.39, 0.29) is 10.7 Å². The molecule has 2 rings (SSSR count). The Morgan fingerprint density at radius 3 is 2.75 bits per heavy atom. The van der Waals surface area contributed by atoms with Gasteiger partial charge in [0.2, 0.25) is 0 Å². The normalized spacial score (nSPS) is 17.8. The molecule has 0 aliphatic carbocycles. The summed E-state index contributed by atoms with van der Waals surface area (Å²) in [5.41, 5.74) is 0.496. The van der Waals surface area contributed by atoms with Crippen LogP contribution in [0.25, 0.3) is 0 Å². The topological polar surface area (TPSA) is 84.6 Å². The van der Waals surface area contributed by atoms with Crippen LogP contribution in [0.3, 0.4) is 0 Å². The molecule has 110 valence electrons. The highest BCUT2D eigenvalue weighted by atomic mass is 35.5. The summed E-state index contributed by atoms with van der Waals surface area (Å²) in [4.78, 5) is 10.3. The van der Waals surface area contributed by atoms with Crippen LogP contribution >= 0.6 is 11.6 Å². The Kier molecular flexibility index (Phi) is 4.47. The molecular weight excluding hydrogens is 284 g/mol. The average Bonchev–Trinajstić information content (AvgIpc) is 2.40. The van der Waals surface area contributed by atoms with Crippen LogP contribution in [0.15, 0.2) is 12.1 Å². The van der Waals surface area contributed by atoms with Gasteiger partial charge in [0.15, 0.2) is 0 Å². The zero-order chi connectivity index (χ0) is 14.8. The van der Waals surface area contributed by atoms with Crippen molar-refractivity contribution < 1.29 is 14.8 Å². The standard InChI is InChI=1S/C13H17ClN2O4/c1-9-6-12(16(18)19)10(14)7-11(9)15-8-13(17)2-4-20-5-3-13/h6-7,15,17H,2-5,8H2,1H3. The van der Waals surface area contributed by atoms with E-state index in [1.807, 2.05) is 0 Å². The van der Waals surface area contributed by atoms with Gasteiger partial charge < -0.3 is 15.2 Å². The lowest BCUT2D eigenvalue weighted by molar-refractivity contribution is -0.384. The molecule has 0 amide bonds. The number of ether oxygens (including phenoxy) is 1. The van der Waals surface area contributed by atoms with Gasteiger partial charge in [-0.1, -0.05) is 11.6 Å². The van der Waals surface area contributed by atoms with Gasteiger partial charge in [0.25, 0.3) is 5.69 Å². The second-order valence-electron chi connectivity index (χ2n) is 5.07. The van der Waals surface area contributed by atoms with Crippen molar-refractivity contribution in [2.75, 3.05) is 25.1 Å². The fourth-order valence-electron chi connectivity index (χ4n) is 2.18. The van der Waals surface area contributed by atoms with Crippen molar-refractivity contribution in [2.24, 2.45) is 0 Å². The van der Waals surface area contributed by atoms with Crippen molar-refractivity contribution in [1.82, 2.24) is 0 Å². The number of anilines is 1. The zero-order valence-corrected chi connectivity index (χ0v) is 11.9. The largest absolute Gasteiger partial charge is 0.388 e. The Labute approximate surface area is 121 Å². The maximum Gasteiger partial charge on any atom is 0.288 e. The maximum atomic E-state index is 10.8. The smallest absolute Gasteiger partial charge is 0.288 e. The van der Waals surface area contributed by atoms with Crippen LogP contribution in [0, 0.1) is 17.0 Å². The molecule has 0 bridgehead atoms. The van der Waals surface area contributed by atoms with E-state index < -0.39 is 10.5 Å². The molecule has 0 atom stereocenters.